The molecule has 1 saturated heterocycles. The molecule has 3 nitrogen and oxygen atoms in total. The molecule has 1 aromatic rings. The van der Waals surface area contributed by atoms with Gasteiger partial charge in [-0.05, 0) is 6.07 Å². The van der Waals surface area contributed by atoms with Gasteiger partial charge in [0, 0.05) is 31.7 Å². The van der Waals surface area contributed by atoms with Crippen molar-refractivity contribution in [1.29, 1.82) is 0 Å². The van der Waals surface area contributed by atoms with Gasteiger partial charge in [-0.1, -0.05) is 18.2 Å². The van der Waals surface area contributed by atoms with Crippen molar-refractivity contribution in [3.8, 4) is 0 Å². The Balaban J connectivity index is 2.05. The first-order valence-electron chi connectivity index (χ1n) is 5.23. The van der Waals surface area contributed by atoms with E-state index in [2.05, 4.69) is 5.32 Å². The van der Waals surface area contributed by atoms with Crippen LogP contribution in [0.3, 0.4) is 0 Å². The Morgan fingerprint density at radius 1 is 1.44 bits per heavy atom. The van der Waals surface area contributed by atoms with Gasteiger partial charge in [0.25, 0.3) is 0 Å². The fourth-order valence-corrected chi connectivity index (χ4v) is 1.79. The van der Waals surface area contributed by atoms with Crippen LogP contribution in [0, 0.1) is 5.82 Å². The lowest BCUT2D eigenvalue weighted by Gasteiger charge is -2.28. The fraction of sp³-hybridized carbons (Fsp3) is 0.333. The average molecular weight is 220 g/mol. The summed E-state index contributed by atoms with van der Waals surface area (Å²) in [5, 5.41) is 2.96. The van der Waals surface area contributed by atoms with Crippen molar-refractivity contribution in [2.75, 3.05) is 19.6 Å². The van der Waals surface area contributed by atoms with Crippen LogP contribution in [0.15, 0.2) is 30.0 Å². The molecular weight excluding hydrogens is 207 g/mol. The highest BCUT2D eigenvalue weighted by molar-refractivity contribution is 5.52. The van der Waals surface area contributed by atoms with Crippen molar-refractivity contribution < 1.29 is 9.18 Å². The van der Waals surface area contributed by atoms with E-state index >= 15 is 0 Å². The molecule has 1 aromatic carbocycles. The van der Waals surface area contributed by atoms with Gasteiger partial charge in [-0.3, -0.25) is 4.90 Å². The second-order valence-electron chi connectivity index (χ2n) is 3.81. The minimum atomic E-state index is -0.197. The first-order chi connectivity index (χ1) is 7.79. The molecule has 0 unspecified atom stereocenters. The fourth-order valence-electron chi connectivity index (χ4n) is 1.79. The summed E-state index contributed by atoms with van der Waals surface area (Å²) in [6, 6.07) is 6.71. The topological polar surface area (TPSA) is 32.3 Å². The van der Waals surface area contributed by atoms with Crippen LogP contribution in [0.2, 0.25) is 0 Å². The summed E-state index contributed by atoms with van der Waals surface area (Å²) in [6.45, 7) is 2.55. The number of carbonyl (C=O) groups excluding carboxylic acids is 1. The number of nitrogens with zero attached hydrogens (tertiary/aromatic N) is 1. The lowest BCUT2D eigenvalue weighted by atomic mass is 10.2. The van der Waals surface area contributed by atoms with Crippen molar-refractivity contribution >= 4 is 5.94 Å². The van der Waals surface area contributed by atoms with Gasteiger partial charge in [-0.25, -0.2) is 9.18 Å². The highest BCUT2D eigenvalue weighted by Crippen LogP contribution is 2.11. The first-order valence-corrected chi connectivity index (χ1v) is 5.23. The molecule has 0 aliphatic carbocycles. The van der Waals surface area contributed by atoms with Gasteiger partial charge in [-0.2, -0.15) is 0 Å². The zero-order chi connectivity index (χ0) is 11.4. The van der Waals surface area contributed by atoms with Crippen LogP contribution in [0.4, 0.5) is 4.39 Å². The predicted molar refractivity (Wildman–Crippen MR) is 58.9 cm³/mol. The minimum Gasteiger partial charge on any atom is -0.377 e. The number of halogens is 1. The van der Waals surface area contributed by atoms with Gasteiger partial charge in [0.05, 0.1) is 0 Å². The Bertz CT molecular complexity index is 427. The van der Waals surface area contributed by atoms with E-state index in [4.69, 9.17) is 0 Å². The molecular formula is C12H13FN2O. The number of hydrogen-bond acceptors (Lipinski definition) is 3. The Morgan fingerprint density at radius 2 is 2.25 bits per heavy atom. The Kier molecular flexibility index (Phi) is 3.34. The van der Waals surface area contributed by atoms with Crippen molar-refractivity contribution in [3.63, 3.8) is 0 Å². The summed E-state index contributed by atoms with van der Waals surface area (Å²) in [7, 11) is 0. The van der Waals surface area contributed by atoms with E-state index in [0.29, 0.717) is 30.9 Å². The summed E-state index contributed by atoms with van der Waals surface area (Å²) in [6.07, 6.45) is 0. The molecule has 1 aliphatic heterocycles. The molecule has 0 spiro atoms. The van der Waals surface area contributed by atoms with E-state index in [1.165, 1.54) is 6.07 Å². The Morgan fingerprint density at radius 3 is 3.00 bits per heavy atom. The molecule has 16 heavy (non-hydrogen) atoms. The van der Waals surface area contributed by atoms with Gasteiger partial charge in [0.15, 0.2) is 0 Å². The molecule has 0 saturated carbocycles. The summed E-state index contributed by atoms with van der Waals surface area (Å²) in [4.78, 5) is 12.5. The van der Waals surface area contributed by atoms with E-state index in [1.807, 2.05) is 16.9 Å². The van der Waals surface area contributed by atoms with Gasteiger partial charge >= 0.3 is 0 Å². The zero-order valence-corrected chi connectivity index (χ0v) is 8.87. The van der Waals surface area contributed by atoms with Crippen LogP contribution >= 0.6 is 0 Å². The summed E-state index contributed by atoms with van der Waals surface area (Å²) < 4.78 is 13.4. The number of piperazine rings is 1. The molecule has 1 aliphatic rings. The van der Waals surface area contributed by atoms with Crippen molar-refractivity contribution in [2.45, 2.75) is 6.54 Å². The molecule has 1 N–H and O–H groups in total. The maximum Gasteiger partial charge on any atom is 0.146 e. The molecule has 0 bridgehead atoms. The number of hydrogen-bond donors (Lipinski definition) is 1. The Hall–Kier alpha value is -1.64. The zero-order valence-electron chi connectivity index (χ0n) is 8.87. The highest BCUT2D eigenvalue weighted by atomic mass is 19.1. The van der Waals surface area contributed by atoms with Crippen LogP contribution in [0.1, 0.15) is 5.56 Å². The van der Waals surface area contributed by atoms with Gasteiger partial charge in [-0.15, -0.1) is 0 Å². The van der Waals surface area contributed by atoms with Gasteiger partial charge < -0.3 is 5.32 Å². The lowest BCUT2D eigenvalue weighted by Crippen LogP contribution is -2.41. The van der Waals surface area contributed by atoms with E-state index in [1.54, 1.807) is 12.1 Å². The summed E-state index contributed by atoms with van der Waals surface area (Å²) in [5.74, 6) is 1.66. The normalized spacial score (nSPS) is 16.7. The van der Waals surface area contributed by atoms with Gasteiger partial charge in [0.1, 0.15) is 17.5 Å². The van der Waals surface area contributed by atoms with Crippen LogP contribution in [-0.2, 0) is 11.3 Å². The number of rotatable bonds is 2. The first kappa shape index (κ1) is 10.9. The lowest BCUT2D eigenvalue weighted by molar-refractivity contribution is 0.256. The summed E-state index contributed by atoms with van der Waals surface area (Å²) >= 11 is 0. The quantitative estimate of drug-likeness (QED) is 0.753. The third-order valence-corrected chi connectivity index (χ3v) is 2.62. The van der Waals surface area contributed by atoms with E-state index in [9.17, 15) is 9.18 Å². The Labute approximate surface area is 93.6 Å². The second kappa shape index (κ2) is 4.92. The highest BCUT2D eigenvalue weighted by Gasteiger charge is 2.15. The van der Waals surface area contributed by atoms with E-state index in [-0.39, 0.29) is 5.82 Å². The van der Waals surface area contributed by atoms with Gasteiger partial charge in [0.2, 0.25) is 0 Å². The molecule has 4 heteroatoms. The van der Waals surface area contributed by atoms with Crippen LogP contribution in [0.5, 0.6) is 0 Å². The number of benzene rings is 1. The third-order valence-electron chi connectivity index (χ3n) is 2.62. The van der Waals surface area contributed by atoms with Crippen LogP contribution in [0.25, 0.3) is 0 Å². The smallest absolute Gasteiger partial charge is 0.146 e. The molecule has 2 rings (SSSR count). The third kappa shape index (κ3) is 2.48. The molecule has 0 amide bonds. The largest absolute Gasteiger partial charge is 0.377 e. The molecule has 1 fully saturated rings. The van der Waals surface area contributed by atoms with E-state index < -0.39 is 0 Å². The molecule has 0 radical (unpaired) electrons. The monoisotopic (exact) mass is 220 g/mol. The van der Waals surface area contributed by atoms with E-state index in [0.717, 1.165) is 6.54 Å². The van der Waals surface area contributed by atoms with Crippen LogP contribution in [-0.4, -0.2) is 30.5 Å². The maximum absolute atomic E-state index is 13.4. The maximum atomic E-state index is 13.4. The second-order valence-corrected chi connectivity index (χ2v) is 3.81. The average Bonchev–Trinajstić information content (AvgIpc) is 2.32. The molecule has 0 aromatic heterocycles. The summed E-state index contributed by atoms with van der Waals surface area (Å²) in [5.41, 5.74) is 1.21. The predicted octanol–water partition coefficient (Wildman–Crippen LogP) is 0.946. The SMILES string of the molecule is O=C=C1CN(Cc2ccccc2F)CCN1. The molecule has 1 heterocycles. The number of nitrogens with one attached hydrogen (secondary N) is 1. The molecule has 84 valence electrons. The molecule has 0 atom stereocenters. The van der Waals surface area contributed by atoms with Crippen molar-refractivity contribution in [2.24, 2.45) is 0 Å². The van der Waals surface area contributed by atoms with Crippen LogP contribution < -0.4 is 5.32 Å². The standard InChI is InChI=1S/C12H13FN2O/c13-12-4-2-1-3-10(12)7-15-6-5-14-11(8-15)9-16/h1-4,14H,5-8H2. The van der Waals surface area contributed by atoms with Crippen molar-refractivity contribution in [1.82, 2.24) is 10.2 Å². The van der Waals surface area contributed by atoms with Crippen molar-refractivity contribution in [3.05, 3.63) is 41.3 Å². The minimum absolute atomic E-state index is 0.197.